The van der Waals surface area contributed by atoms with Crippen molar-refractivity contribution in [3.63, 3.8) is 0 Å². The summed E-state index contributed by atoms with van der Waals surface area (Å²) in [7, 11) is 1.24. The van der Waals surface area contributed by atoms with Gasteiger partial charge in [-0.25, -0.2) is 0 Å². The molecule has 0 saturated heterocycles. The molecule has 1 amide bonds. The number of carbonyl (C=O) groups is 1. The Bertz CT molecular complexity index is 380. The van der Waals surface area contributed by atoms with Crippen molar-refractivity contribution < 1.29 is 18.0 Å². The number of nitrogens with two attached hydrogens (primary N) is 1. The van der Waals surface area contributed by atoms with Crippen LogP contribution >= 0.6 is 0 Å². The molecular weight excluding hydrogens is 199 g/mol. The average Bonchev–Trinajstić information content (AvgIpc) is 2.24. The molecule has 1 heterocycles. The molecule has 0 aromatic carbocycles. The molecule has 0 aliphatic rings. The number of primary amides is 1. The van der Waals surface area contributed by atoms with Crippen LogP contribution in [0.25, 0.3) is 0 Å². The predicted molar refractivity (Wildman–Crippen MR) is 41.5 cm³/mol. The van der Waals surface area contributed by atoms with Crippen LogP contribution in [0.4, 0.5) is 13.2 Å². The van der Waals surface area contributed by atoms with Crippen molar-refractivity contribution in [2.75, 3.05) is 0 Å². The topological polar surface area (TPSA) is 60.9 Å². The normalized spacial score (nSPS) is 11.8. The van der Waals surface area contributed by atoms with Gasteiger partial charge in [-0.05, 0) is 6.92 Å². The summed E-state index contributed by atoms with van der Waals surface area (Å²) >= 11 is 0. The van der Waals surface area contributed by atoms with Gasteiger partial charge in [-0.3, -0.25) is 9.48 Å². The fourth-order valence-electron chi connectivity index (χ4n) is 1.24. The number of carbonyl (C=O) groups excluding carboxylic acids is 1. The molecule has 0 saturated carbocycles. The van der Waals surface area contributed by atoms with Gasteiger partial charge in [-0.1, -0.05) is 0 Å². The minimum Gasteiger partial charge on any atom is -0.364 e. The van der Waals surface area contributed by atoms with E-state index < -0.39 is 17.8 Å². The molecule has 0 spiro atoms. The molecule has 7 heteroatoms. The molecule has 0 radical (unpaired) electrons. The smallest absolute Gasteiger partial charge is 0.364 e. The van der Waals surface area contributed by atoms with E-state index >= 15 is 0 Å². The van der Waals surface area contributed by atoms with Gasteiger partial charge in [-0.15, -0.1) is 0 Å². The summed E-state index contributed by atoms with van der Waals surface area (Å²) in [6, 6.07) is 0. The quantitative estimate of drug-likeness (QED) is 0.741. The van der Waals surface area contributed by atoms with E-state index in [2.05, 4.69) is 5.10 Å². The summed E-state index contributed by atoms with van der Waals surface area (Å²) in [4.78, 5) is 10.8. The number of halogens is 3. The molecule has 1 rings (SSSR count). The van der Waals surface area contributed by atoms with E-state index in [1.807, 2.05) is 0 Å². The van der Waals surface area contributed by atoms with E-state index in [1.165, 1.54) is 7.05 Å². The van der Waals surface area contributed by atoms with Gasteiger partial charge in [-0.2, -0.15) is 18.3 Å². The SMILES string of the molecule is Cc1c(C(F)(F)F)nn(C)c1C(N)=O. The van der Waals surface area contributed by atoms with Crippen molar-refractivity contribution in [1.82, 2.24) is 9.78 Å². The molecule has 1 aromatic rings. The van der Waals surface area contributed by atoms with Gasteiger partial charge in [0, 0.05) is 12.6 Å². The number of nitrogens with zero attached hydrogens (tertiary/aromatic N) is 2. The van der Waals surface area contributed by atoms with Gasteiger partial charge in [0.05, 0.1) is 0 Å². The highest BCUT2D eigenvalue weighted by molar-refractivity contribution is 5.92. The lowest BCUT2D eigenvalue weighted by Gasteiger charge is -2.02. The lowest BCUT2D eigenvalue weighted by Crippen LogP contribution is -2.16. The molecule has 0 aliphatic heterocycles. The Labute approximate surface area is 77.5 Å². The van der Waals surface area contributed by atoms with Crippen LogP contribution in [0.2, 0.25) is 0 Å². The highest BCUT2D eigenvalue weighted by Crippen LogP contribution is 2.31. The molecule has 0 aliphatic carbocycles. The van der Waals surface area contributed by atoms with Crippen LogP contribution < -0.4 is 5.73 Å². The van der Waals surface area contributed by atoms with Gasteiger partial charge in [0.2, 0.25) is 0 Å². The molecule has 2 N–H and O–H groups in total. The van der Waals surface area contributed by atoms with Gasteiger partial charge in [0.1, 0.15) is 5.69 Å². The maximum atomic E-state index is 12.3. The second-order valence-corrected chi connectivity index (χ2v) is 2.81. The maximum absolute atomic E-state index is 12.3. The second kappa shape index (κ2) is 3.00. The molecule has 4 nitrogen and oxygen atoms in total. The van der Waals surface area contributed by atoms with Gasteiger partial charge >= 0.3 is 6.18 Å². The van der Waals surface area contributed by atoms with Crippen molar-refractivity contribution in [2.45, 2.75) is 13.1 Å². The maximum Gasteiger partial charge on any atom is 0.435 e. The molecule has 0 fully saturated rings. The first-order valence-corrected chi connectivity index (χ1v) is 3.65. The van der Waals surface area contributed by atoms with Crippen molar-refractivity contribution in [3.05, 3.63) is 17.0 Å². The van der Waals surface area contributed by atoms with E-state index in [1.54, 1.807) is 0 Å². The largest absolute Gasteiger partial charge is 0.435 e. The lowest BCUT2D eigenvalue weighted by atomic mass is 10.2. The predicted octanol–water partition coefficient (Wildman–Crippen LogP) is 0.846. The zero-order valence-electron chi connectivity index (χ0n) is 7.51. The number of hydrogen-bond acceptors (Lipinski definition) is 2. The van der Waals surface area contributed by atoms with Crippen LogP contribution in [0.15, 0.2) is 0 Å². The van der Waals surface area contributed by atoms with Gasteiger partial charge < -0.3 is 5.73 Å². The molecular formula is C7H8F3N3O. The van der Waals surface area contributed by atoms with Crippen LogP contribution in [0.1, 0.15) is 21.7 Å². The zero-order chi connectivity index (χ0) is 11.1. The van der Waals surface area contributed by atoms with Crippen LogP contribution in [0, 0.1) is 6.92 Å². The van der Waals surface area contributed by atoms with E-state index in [0.29, 0.717) is 0 Å². The van der Waals surface area contributed by atoms with Crippen molar-refractivity contribution >= 4 is 5.91 Å². The average molecular weight is 207 g/mol. The van der Waals surface area contributed by atoms with E-state index in [0.717, 1.165) is 11.6 Å². The summed E-state index contributed by atoms with van der Waals surface area (Å²) in [5.41, 5.74) is 3.36. The molecule has 0 unspecified atom stereocenters. The fraction of sp³-hybridized carbons (Fsp3) is 0.429. The third kappa shape index (κ3) is 1.57. The summed E-state index contributed by atoms with van der Waals surface area (Å²) in [6.07, 6.45) is -4.56. The lowest BCUT2D eigenvalue weighted by molar-refractivity contribution is -0.141. The Morgan fingerprint density at radius 3 is 2.21 bits per heavy atom. The van der Waals surface area contributed by atoms with Gasteiger partial charge in [0.25, 0.3) is 5.91 Å². The fourth-order valence-corrected chi connectivity index (χ4v) is 1.24. The highest BCUT2D eigenvalue weighted by atomic mass is 19.4. The first kappa shape index (κ1) is 10.6. The molecule has 14 heavy (non-hydrogen) atoms. The summed E-state index contributed by atoms with van der Waals surface area (Å²) in [6.45, 7) is 1.16. The minimum absolute atomic E-state index is 0.225. The number of amides is 1. The third-order valence-corrected chi connectivity index (χ3v) is 1.79. The highest BCUT2D eigenvalue weighted by Gasteiger charge is 2.38. The number of rotatable bonds is 1. The Morgan fingerprint density at radius 1 is 1.50 bits per heavy atom. The monoisotopic (exact) mass is 207 g/mol. The molecule has 78 valence electrons. The number of alkyl halides is 3. The third-order valence-electron chi connectivity index (χ3n) is 1.79. The van der Waals surface area contributed by atoms with Crippen LogP contribution in [-0.2, 0) is 13.2 Å². The van der Waals surface area contributed by atoms with Crippen molar-refractivity contribution in [3.8, 4) is 0 Å². The Kier molecular flexibility index (Phi) is 2.26. The molecule has 1 aromatic heterocycles. The van der Waals surface area contributed by atoms with Crippen LogP contribution in [0.3, 0.4) is 0 Å². The van der Waals surface area contributed by atoms with Crippen LogP contribution in [0.5, 0.6) is 0 Å². The number of aryl methyl sites for hydroxylation is 1. The Morgan fingerprint density at radius 2 is 2.00 bits per heavy atom. The van der Waals surface area contributed by atoms with Gasteiger partial charge in [0.15, 0.2) is 5.69 Å². The number of aromatic nitrogens is 2. The summed E-state index contributed by atoms with van der Waals surface area (Å²) in [5.74, 6) is -0.923. The minimum atomic E-state index is -4.56. The second-order valence-electron chi connectivity index (χ2n) is 2.81. The van der Waals surface area contributed by atoms with E-state index in [-0.39, 0.29) is 11.3 Å². The Hall–Kier alpha value is -1.53. The van der Waals surface area contributed by atoms with E-state index in [4.69, 9.17) is 5.73 Å². The van der Waals surface area contributed by atoms with Crippen LogP contribution in [-0.4, -0.2) is 15.7 Å². The summed E-state index contributed by atoms with van der Waals surface area (Å²) < 4.78 is 37.7. The Balaban J connectivity index is 3.39. The van der Waals surface area contributed by atoms with E-state index in [9.17, 15) is 18.0 Å². The van der Waals surface area contributed by atoms with Crippen molar-refractivity contribution in [2.24, 2.45) is 12.8 Å². The van der Waals surface area contributed by atoms with Crippen molar-refractivity contribution in [1.29, 1.82) is 0 Å². The number of hydrogen-bond donors (Lipinski definition) is 1. The molecule has 0 bridgehead atoms. The summed E-state index contributed by atoms with van der Waals surface area (Å²) in [5, 5.41) is 3.19. The zero-order valence-corrected chi connectivity index (χ0v) is 7.51. The standard InChI is InChI=1S/C7H8F3N3O/c1-3-4(6(11)14)13(2)12-5(3)7(8,9)10/h1-2H3,(H2,11,14). The first-order valence-electron chi connectivity index (χ1n) is 3.65. The molecule has 0 atom stereocenters. The first-order chi connectivity index (χ1) is 6.25.